The van der Waals surface area contributed by atoms with Gasteiger partial charge in [-0.2, -0.15) is 0 Å². The van der Waals surface area contributed by atoms with E-state index in [1.54, 1.807) is 0 Å². The average molecular weight is 226 g/mol. The van der Waals surface area contributed by atoms with Crippen LogP contribution in [0.2, 0.25) is 0 Å². The van der Waals surface area contributed by atoms with Crippen molar-refractivity contribution < 1.29 is 4.42 Å². The first kappa shape index (κ1) is 12.7. The molecule has 2 heterocycles. The number of hydrogen-bond acceptors (Lipinski definition) is 4. The van der Waals surface area contributed by atoms with Gasteiger partial charge in [0.15, 0.2) is 0 Å². The lowest BCUT2D eigenvalue weighted by Crippen LogP contribution is -2.08. The van der Waals surface area contributed by atoms with Gasteiger partial charge in [0.05, 0.1) is 5.92 Å². The van der Waals surface area contributed by atoms with Crippen molar-refractivity contribution in [1.82, 2.24) is 15.5 Å². The van der Waals surface area contributed by atoms with Crippen molar-refractivity contribution in [2.24, 2.45) is 0 Å². The smallest absolute Gasteiger partial charge is 0.220 e. The van der Waals surface area contributed by atoms with Crippen LogP contribution in [0.3, 0.4) is 0 Å². The minimum atomic E-state index is 0. The summed E-state index contributed by atoms with van der Waals surface area (Å²) < 4.78 is 5.31. The Balaban J connectivity index is 0.000000720. The lowest BCUT2D eigenvalue weighted by Gasteiger charge is -1.98. The van der Waals surface area contributed by atoms with Gasteiger partial charge in [0.1, 0.15) is 0 Å². The van der Waals surface area contributed by atoms with Crippen molar-refractivity contribution in [1.29, 1.82) is 0 Å². The third-order valence-corrected chi connectivity index (χ3v) is 1.95. The molecule has 13 heavy (non-hydrogen) atoms. The molecular formula is C7H13Cl2N3O. The van der Waals surface area contributed by atoms with E-state index < -0.39 is 0 Å². The van der Waals surface area contributed by atoms with Crippen LogP contribution in [0, 0.1) is 6.92 Å². The predicted octanol–water partition coefficient (Wildman–Crippen LogP) is 1.30. The quantitative estimate of drug-likeness (QED) is 0.784. The predicted molar refractivity (Wildman–Crippen MR) is 53.8 cm³/mol. The van der Waals surface area contributed by atoms with Crippen molar-refractivity contribution in [2.75, 3.05) is 13.1 Å². The molecule has 1 unspecified atom stereocenters. The van der Waals surface area contributed by atoms with E-state index in [0.717, 1.165) is 25.4 Å². The van der Waals surface area contributed by atoms with Gasteiger partial charge in [-0.1, -0.05) is 0 Å². The lowest BCUT2D eigenvalue weighted by atomic mass is 10.1. The molecule has 0 bridgehead atoms. The summed E-state index contributed by atoms with van der Waals surface area (Å²) in [7, 11) is 0. The zero-order valence-electron chi connectivity index (χ0n) is 7.32. The maximum Gasteiger partial charge on any atom is 0.220 e. The molecule has 1 saturated heterocycles. The van der Waals surface area contributed by atoms with Gasteiger partial charge in [0.2, 0.25) is 11.8 Å². The number of hydrogen-bond donors (Lipinski definition) is 1. The Kier molecular flexibility index (Phi) is 5.29. The molecule has 0 spiro atoms. The monoisotopic (exact) mass is 225 g/mol. The first-order chi connectivity index (χ1) is 5.36. The number of rotatable bonds is 1. The van der Waals surface area contributed by atoms with E-state index in [4.69, 9.17) is 4.42 Å². The Labute approximate surface area is 89.3 Å². The Morgan fingerprint density at radius 1 is 1.38 bits per heavy atom. The van der Waals surface area contributed by atoms with E-state index >= 15 is 0 Å². The second kappa shape index (κ2) is 5.42. The molecule has 1 aromatic heterocycles. The van der Waals surface area contributed by atoms with Crippen LogP contribution in [0.4, 0.5) is 0 Å². The molecule has 1 aliphatic rings. The maximum absolute atomic E-state index is 5.31. The van der Waals surface area contributed by atoms with Gasteiger partial charge >= 0.3 is 0 Å². The fourth-order valence-electron chi connectivity index (χ4n) is 1.34. The SMILES string of the molecule is Cc1nnc(C2CCNC2)o1.Cl.Cl. The van der Waals surface area contributed by atoms with Crippen LogP contribution in [0.1, 0.15) is 24.1 Å². The number of nitrogens with one attached hydrogen (secondary N) is 1. The van der Waals surface area contributed by atoms with Crippen molar-refractivity contribution in [2.45, 2.75) is 19.3 Å². The third-order valence-electron chi connectivity index (χ3n) is 1.95. The number of aryl methyl sites for hydroxylation is 1. The number of nitrogens with zero attached hydrogens (tertiary/aromatic N) is 2. The average Bonchev–Trinajstić information content (AvgIpc) is 2.55. The summed E-state index contributed by atoms with van der Waals surface area (Å²) in [5, 5.41) is 11.0. The Bertz CT molecular complexity index is 248. The van der Waals surface area contributed by atoms with Crippen LogP contribution < -0.4 is 5.32 Å². The topological polar surface area (TPSA) is 51.0 Å². The van der Waals surface area contributed by atoms with E-state index in [1.165, 1.54) is 0 Å². The Morgan fingerprint density at radius 3 is 2.62 bits per heavy atom. The highest BCUT2D eigenvalue weighted by Gasteiger charge is 2.21. The first-order valence-corrected chi connectivity index (χ1v) is 3.87. The van der Waals surface area contributed by atoms with Crippen molar-refractivity contribution in [3.05, 3.63) is 11.8 Å². The fourth-order valence-corrected chi connectivity index (χ4v) is 1.34. The van der Waals surface area contributed by atoms with Gasteiger partial charge < -0.3 is 9.73 Å². The Hall–Kier alpha value is -0.320. The number of aromatic nitrogens is 2. The second-order valence-corrected chi connectivity index (χ2v) is 2.85. The molecule has 0 aliphatic carbocycles. The molecule has 6 heteroatoms. The zero-order chi connectivity index (χ0) is 7.68. The molecule has 1 atom stereocenters. The van der Waals surface area contributed by atoms with Crippen molar-refractivity contribution in [3.8, 4) is 0 Å². The largest absolute Gasteiger partial charge is 0.425 e. The van der Waals surface area contributed by atoms with Crippen LogP contribution in [0.25, 0.3) is 0 Å². The van der Waals surface area contributed by atoms with Gasteiger partial charge in [-0.3, -0.25) is 0 Å². The molecule has 1 N–H and O–H groups in total. The highest BCUT2D eigenvalue weighted by Crippen LogP contribution is 2.20. The van der Waals surface area contributed by atoms with Crippen LogP contribution >= 0.6 is 24.8 Å². The molecule has 1 aliphatic heterocycles. The molecule has 76 valence electrons. The van der Waals surface area contributed by atoms with Gasteiger partial charge in [0, 0.05) is 13.5 Å². The van der Waals surface area contributed by atoms with Gasteiger partial charge in [0.25, 0.3) is 0 Å². The van der Waals surface area contributed by atoms with Gasteiger partial charge in [-0.15, -0.1) is 35.0 Å². The van der Waals surface area contributed by atoms with E-state index in [2.05, 4.69) is 15.5 Å². The summed E-state index contributed by atoms with van der Waals surface area (Å²) in [4.78, 5) is 0. The molecule has 1 aromatic rings. The molecule has 0 amide bonds. The molecular weight excluding hydrogens is 213 g/mol. The zero-order valence-corrected chi connectivity index (χ0v) is 8.95. The van der Waals surface area contributed by atoms with Gasteiger partial charge in [-0.05, 0) is 13.0 Å². The molecule has 2 rings (SSSR count). The highest BCUT2D eigenvalue weighted by molar-refractivity contribution is 5.85. The second-order valence-electron chi connectivity index (χ2n) is 2.85. The van der Waals surface area contributed by atoms with E-state index in [-0.39, 0.29) is 24.8 Å². The fraction of sp³-hybridized carbons (Fsp3) is 0.714. The minimum absolute atomic E-state index is 0. The van der Waals surface area contributed by atoms with Crippen LogP contribution in [0.5, 0.6) is 0 Å². The van der Waals surface area contributed by atoms with E-state index in [0.29, 0.717) is 11.8 Å². The minimum Gasteiger partial charge on any atom is -0.425 e. The summed E-state index contributed by atoms with van der Waals surface area (Å²) in [5.74, 6) is 1.88. The molecule has 0 radical (unpaired) electrons. The summed E-state index contributed by atoms with van der Waals surface area (Å²) in [6, 6.07) is 0. The third kappa shape index (κ3) is 2.83. The molecule has 0 saturated carbocycles. The molecule has 1 fully saturated rings. The summed E-state index contributed by atoms with van der Waals surface area (Å²) in [6.07, 6.45) is 1.11. The lowest BCUT2D eigenvalue weighted by molar-refractivity contribution is 0.437. The van der Waals surface area contributed by atoms with Crippen LogP contribution in [-0.2, 0) is 0 Å². The van der Waals surface area contributed by atoms with Crippen molar-refractivity contribution in [3.63, 3.8) is 0 Å². The molecule has 0 aromatic carbocycles. The Morgan fingerprint density at radius 2 is 2.15 bits per heavy atom. The summed E-state index contributed by atoms with van der Waals surface area (Å²) in [5.41, 5.74) is 0. The number of halogens is 2. The van der Waals surface area contributed by atoms with E-state index in [9.17, 15) is 0 Å². The normalized spacial score (nSPS) is 20.5. The van der Waals surface area contributed by atoms with Gasteiger partial charge in [-0.25, -0.2) is 0 Å². The summed E-state index contributed by atoms with van der Waals surface area (Å²) >= 11 is 0. The molecule has 4 nitrogen and oxygen atoms in total. The van der Waals surface area contributed by atoms with Crippen LogP contribution in [0.15, 0.2) is 4.42 Å². The maximum atomic E-state index is 5.31. The van der Waals surface area contributed by atoms with E-state index in [1.807, 2.05) is 6.92 Å². The van der Waals surface area contributed by atoms with Crippen LogP contribution in [-0.4, -0.2) is 23.3 Å². The summed E-state index contributed by atoms with van der Waals surface area (Å²) in [6.45, 7) is 3.85. The first-order valence-electron chi connectivity index (χ1n) is 3.87. The van der Waals surface area contributed by atoms with Crippen molar-refractivity contribution >= 4 is 24.8 Å². The highest BCUT2D eigenvalue weighted by atomic mass is 35.5. The standard InChI is InChI=1S/C7H11N3O.2ClH/c1-5-9-10-7(11-5)6-2-3-8-4-6;;/h6,8H,2-4H2,1H3;2*1H.